The Balaban J connectivity index is 1.21. The fourth-order valence-corrected chi connectivity index (χ4v) is 5.26. The van der Waals surface area contributed by atoms with Gasteiger partial charge in [0.2, 0.25) is 11.7 Å². The Labute approximate surface area is 199 Å². The number of carbonyl (C=O) groups excluding carboxylic acids is 2. The normalized spacial score (nSPS) is 23.9. The molecule has 0 radical (unpaired) electrons. The zero-order valence-corrected chi connectivity index (χ0v) is 19.2. The highest BCUT2D eigenvalue weighted by atomic mass is 79.9. The number of pyridine rings is 2. The predicted molar refractivity (Wildman–Crippen MR) is 117 cm³/mol. The van der Waals surface area contributed by atoms with Crippen molar-refractivity contribution in [1.82, 2.24) is 19.7 Å². The predicted octanol–water partition coefficient (Wildman–Crippen LogP) is 3.73. The molecule has 0 atom stereocenters. The lowest BCUT2D eigenvalue weighted by molar-refractivity contribution is -0.145. The van der Waals surface area contributed by atoms with Crippen LogP contribution in [0.25, 0.3) is 5.52 Å². The zero-order chi connectivity index (χ0) is 24.3. The summed E-state index contributed by atoms with van der Waals surface area (Å²) in [5, 5.41) is 2.81. The smallest absolute Gasteiger partial charge is 0.450 e. The van der Waals surface area contributed by atoms with Crippen LogP contribution < -0.4 is 15.8 Å². The molecule has 0 aromatic carbocycles. The van der Waals surface area contributed by atoms with Gasteiger partial charge in [-0.2, -0.15) is 13.2 Å². The molecule has 0 unspecified atom stereocenters. The van der Waals surface area contributed by atoms with Crippen molar-refractivity contribution >= 4 is 33.3 Å². The van der Waals surface area contributed by atoms with E-state index in [9.17, 15) is 22.8 Å². The second-order valence-corrected chi connectivity index (χ2v) is 9.75. The minimum Gasteiger partial charge on any atom is -0.474 e. The summed E-state index contributed by atoms with van der Waals surface area (Å²) in [7, 11) is 0. The van der Waals surface area contributed by atoms with Crippen molar-refractivity contribution in [2.45, 2.75) is 44.0 Å². The van der Waals surface area contributed by atoms with Gasteiger partial charge in [0.15, 0.2) is 5.69 Å². The molecule has 8 nitrogen and oxygen atoms in total. The van der Waals surface area contributed by atoms with E-state index in [0.717, 1.165) is 17.2 Å². The van der Waals surface area contributed by atoms with Crippen LogP contribution in [0.2, 0.25) is 0 Å². The summed E-state index contributed by atoms with van der Waals surface area (Å²) in [6, 6.07) is 5.98. The molecule has 5 rings (SSSR count). The lowest BCUT2D eigenvalue weighted by atomic mass is 9.53. The number of rotatable bonds is 5. The van der Waals surface area contributed by atoms with Gasteiger partial charge in [-0.3, -0.25) is 14.0 Å². The molecule has 0 bridgehead atoms. The van der Waals surface area contributed by atoms with Crippen LogP contribution in [0.15, 0.2) is 41.1 Å². The highest BCUT2D eigenvalue weighted by Crippen LogP contribution is 2.56. The lowest BCUT2D eigenvalue weighted by Gasteiger charge is -2.57. The number of nitrogens with two attached hydrogens (primary N) is 1. The molecule has 12 heteroatoms. The standard InChI is InChI=1S/C22H19BrF3N5O3/c23-11-3-4-15-16(30-20(22(24,25)26)31(15)10-11)18(33)29-12-6-21(7-12)8-13(9-21)34-19-14(17(27)32)2-1-5-28-19/h1-5,10,12-13H,6-9H2,(H2,27,32)(H,29,33). The van der Waals surface area contributed by atoms with Crippen molar-refractivity contribution in [3.8, 4) is 5.88 Å². The Bertz CT molecular complexity index is 1290. The maximum atomic E-state index is 13.4. The molecular weight excluding hydrogens is 519 g/mol. The summed E-state index contributed by atoms with van der Waals surface area (Å²) in [6.45, 7) is 0. The monoisotopic (exact) mass is 537 g/mol. The third-order valence-electron chi connectivity index (χ3n) is 6.40. The summed E-state index contributed by atoms with van der Waals surface area (Å²) >= 11 is 3.15. The van der Waals surface area contributed by atoms with E-state index < -0.39 is 23.8 Å². The largest absolute Gasteiger partial charge is 0.474 e. The number of hydrogen-bond donors (Lipinski definition) is 2. The minimum atomic E-state index is -4.70. The topological polar surface area (TPSA) is 112 Å². The number of nitrogens with zero attached hydrogens (tertiary/aromatic N) is 3. The molecule has 0 saturated heterocycles. The molecule has 3 N–H and O–H groups in total. The molecule has 0 aliphatic heterocycles. The lowest BCUT2D eigenvalue weighted by Crippen LogP contribution is -2.58. The van der Waals surface area contributed by atoms with Crippen molar-refractivity contribution in [3.63, 3.8) is 0 Å². The van der Waals surface area contributed by atoms with E-state index in [1.165, 1.54) is 18.5 Å². The second-order valence-electron chi connectivity index (χ2n) is 8.83. The zero-order valence-electron chi connectivity index (χ0n) is 17.6. The van der Waals surface area contributed by atoms with E-state index in [4.69, 9.17) is 10.5 Å². The van der Waals surface area contributed by atoms with E-state index in [2.05, 4.69) is 31.2 Å². The first-order valence-corrected chi connectivity index (χ1v) is 11.3. The first-order chi connectivity index (χ1) is 16.0. The van der Waals surface area contributed by atoms with Gasteiger partial charge in [-0.25, -0.2) is 9.97 Å². The molecule has 2 fully saturated rings. The first-order valence-electron chi connectivity index (χ1n) is 10.5. The Morgan fingerprint density at radius 1 is 1.21 bits per heavy atom. The number of primary amides is 1. The van der Waals surface area contributed by atoms with E-state index in [1.54, 1.807) is 18.2 Å². The molecule has 3 heterocycles. The summed E-state index contributed by atoms with van der Waals surface area (Å²) in [5.74, 6) is -2.20. The van der Waals surface area contributed by atoms with Crippen LogP contribution in [-0.4, -0.2) is 38.3 Å². The van der Waals surface area contributed by atoms with E-state index in [1.807, 2.05) is 0 Å². The van der Waals surface area contributed by atoms with Crippen molar-refractivity contribution in [2.24, 2.45) is 11.1 Å². The fourth-order valence-electron chi connectivity index (χ4n) is 4.92. The number of nitrogens with one attached hydrogen (secondary N) is 1. The Hall–Kier alpha value is -3.15. The molecule has 3 aromatic rings. The van der Waals surface area contributed by atoms with Crippen LogP contribution in [0.5, 0.6) is 5.88 Å². The van der Waals surface area contributed by atoms with Gasteiger partial charge in [0, 0.05) is 22.9 Å². The molecule has 2 aliphatic rings. The van der Waals surface area contributed by atoms with Crippen molar-refractivity contribution in [2.75, 3.05) is 0 Å². The van der Waals surface area contributed by atoms with Crippen LogP contribution in [0.3, 0.4) is 0 Å². The molecule has 3 aromatic heterocycles. The third-order valence-corrected chi connectivity index (χ3v) is 6.87. The third kappa shape index (κ3) is 3.99. The molecule has 2 aliphatic carbocycles. The van der Waals surface area contributed by atoms with Gasteiger partial charge in [-0.05, 0) is 71.3 Å². The van der Waals surface area contributed by atoms with Crippen molar-refractivity contribution in [1.29, 1.82) is 0 Å². The number of aromatic nitrogens is 3. The van der Waals surface area contributed by atoms with E-state index in [0.29, 0.717) is 17.3 Å². The fraction of sp³-hybridized carbons (Fsp3) is 0.364. The summed E-state index contributed by atoms with van der Waals surface area (Å²) in [5.41, 5.74) is 5.40. The number of ether oxygens (including phenoxy) is 1. The molecule has 2 saturated carbocycles. The Kier molecular flexibility index (Phi) is 5.30. The maximum Gasteiger partial charge on any atom is 0.450 e. The van der Waals surface area contributed by atoms with E-state index in [-0.39, 0.29) is 40.2 Å². The van der Waals surface area contributed by atoms with Gasteiger partial charge in [0.05, 0.1) is 5.52 Å². The van der Waals surface area contributed by atoms with Crippen LogP contribution in [-0.2, 0) is 6.18 Å². The number of carbonyl (C=O) groups is 2. The molecule has 34 heavy (non-hydrogen) atoms. The van der Waals surface area contributed by atoms with Gasteiger partial charge in [-0.15, -0.1) is 0 Å². The summed E-state index contributed by atoms with van der Waals surface area (Å²) in [6.07, 6.45) is 0.774. The highest BCUT2D eigenvalue weighted by molar-refractivity contribution is 9.10. The molecule has 1 spiro atoms. The van der Waals surface area contributed by atoms with E-state index >= 15 is 0 Å². The van der Waals surface area contributed by atoms with Crippen LogP contribution >= 0.6 is 15.9 Å². The average molecular weight is 538 g/mol. The number of amides is 2. The van der Waals surface area contributed by atoms with Crippen molar-refractivity contribution in [3.05, 3.63) is 58.2 Å². The van der Waals surface area contributed by atoms with Gasteiger partial charge in [0.1, 0.15) is 11.7 Å². The maximum absolute atomic E-state index is 13.4. The number of alkyl halides is 3. The van der Waals surface area contributed by atoms with Crippen LogP contribution in [0.1, 0.15) is 52.4 Å². The number of imidazole rings is 1. The summed E-state index contributed by atoms with van der Waals surface area (Å²) in [4.78, 5) is 32.0. The minimum absolute atomic E-state index is 0.00252. The highest BCUT2D eigenvalue weighted by Gasteiger charge is 2.54. The Morgan fingerprint density at radius 3 is 2.62 bits per heavy atom. The number of halogens is 4. The van der Waals surface area contributed by atoms with Gasteiger partial charge in [-0.1, -0.05) is 0 Å². The first kappa shape index (κ1) is 22.6. The number of hydrogen-bond acceptors (Lipinski definition) is 5. The summed E-state index contributed by atoms with van der Waals surface area (Å²) < 4.78 is 47.4. The molecule has 2 amide bonds. The SMILES string of the molecule is NC(=O)c1cccnc1OC1CC2(CC(NC(=O)c3nc(C(F)(F)F)n4cc(Br)ccc34)C2)C1. The average Bonchev–Trinajstić information content (AvgIpc) is 3.10. The number of fused-ring (bicyclic) bond motifs is 1. The van der Waals surface area contributed by atoms with Gasteiger partial charge >= 0.3 is 6.18 Å². The van der Waals surface area contributed by atoms with Gasteiger partial charge in [0.25, 0.3) is 11.8 Å². The van der Waals surface area contributed by atoms with Crippen LogP contribution in [0.4, 0.5) is 13.2 Å². The molecular formula is C22H19BrF3N5O3. The van der Waals surface area contributed by atoms with Gasteiger partial charge < -0.3 is 15.8 Å². The van der Waals surface area contributed by atoms with Crippen molar-refractivity contribution < 1.29 is 27.5 Å². The molecule has 178 valence electrons. The quantitative estimate of drug-likeness (QED) is 0.515. The Morgan fingerprint density at radius 2 is 1.94 bits per heavy atom. The van der Waals surface area contributed by atoms with Crippen LogP contribution in [0, 0.1) is 5.41 Å². The second kappa shape index (κ2) is 7.97.